The van der Waals surface area contributed by atoms with E-state index >= 15 is 0 Å². The van der Waals surface area contributed by atoms with Crippen LogP contribution in [0.2, 0.25) is 0 Å². The monoisotopic (exact) mass is 298 g/mol. The molecule has 0 aliphatic carbocycles. The van der Waals surface area contributed by atoms with Gasteiger partial charge in [-0.3, -0.25) is 0 Å². The second-order valence-corrected chi connectivity index (χ2v) is 6.14. The highest BCUT2D eigenvalue weighted by molar-refractivity contribution is 7.90. The molecule has 0 amide bonds. The minimum atomic E-state index is -3.20. The lowest BCUT2D eigenvalue weighted by Gasteiger charge is -2.04. The highest BCUT2D eigenvalue weighted by atomic mass is 35.5. The summed E-state index contributed by atoms with van der Waals surface area (Å²) in [6.45, 7) is 0. The highest BCUT2D eigenvalue weighted by Gasteiger charge is 2.07. The SMILES string of the molecule is CS(=O)(=O)c1ccc(Oc2ncc(CCl)cn2)cc1. The molecule has 0 saturated heterocycles. The topological polar surface area (TPSA) is 69.2 Å². The number of benzene rings is 1. The van der Waals surface area contributed by atoms with Crippen LogP contribution in [0.3, 0.4) is 0 Å². The number of nitrogens with zero attached hydrogens (tertiary/aromatic N) is 2. The fourth-order valence-electron chi connectivity index (χ4n) is 1.32. The molecule has 2 rings (SSSR count). The van der Waals surface area contributed by atoms with E-state index in [1.165, 1.54) is 12.1 Å². The number of halogens is 1. The van der Waals surface area contributed by atoms with Crippen molar-refractivity contribution in [2.45, 2.75) is 10.8 Å². The van der Waals surface area contributed by atoms with E-state index in [1.54, 1.807) is 24.5 Å². The van der Waals surface area contributed by atoms with Crippen molar-refractivity contribution in [3.8, 4) is 11.8 Å². The maximum absolute atomic E-state index is 11.3. The second kappa shape index (κ2) is 5.54. The highest BCUT2D eigenvalue weighted by Crippen LogP contribution is 2.20. The van der Waals surface area contributed by atoms with Crippen molar-refractivity contribution in [3.05, 3.63) is 42.2 Å². The summed E-state index contributed by atoms with van der Waals surface area (Å²) in [6.07, 6.45) is 4.29. The molecule has 0 atom stereocenters. The van der Waals surface area contributed by atoms with Gasteiger partial charge in [-0.25, -0.2) is 18.4 Å². The molecule has 7 heteroatoms. The first-order valence-electron chi connectivity index (χ1n) is 5.34. The predicted octanol–water partition coefficient (Wildman–Crippen LogP) is 2.41. The van der Waals surface area contributed by atoms with Crippen LogP contribution in [0.15, 0.2) is 41.6 Å². The third-order valence-corrected chi connectivity index (χ3v) is 3.73. The van der Waals surface area contributed by atoms with Gasteiger partial charge in [0.1, 0.15) is 5.75 Å². The summed E-state index contributed by atoms with van der Waals surface area (Å²) >= 11 is 5.62. The Morgan fingerprint density at radius 3 is 2.21 bits per heavy atom. The normalized spacial score (nSPS) is 11.3. The summed E-state index contributed by atoms with van der Waals surface area (Å²) in [4.78, 5) is 8.19. The minimum absolute atomic E-state index is 0.181. The fourth-order valence-corrected chi connectivity index (χ4v) is 2.09. The van der Waals surface area contributed by atoms with Crippen molar-refractivity contribution < 1.29 is 13.2 Å². The Bertz CT molecular complexity index is 654. The van der Waals surface area contributed by atoms with Crippen molar-refractivity contribution in [3.63, 3.8) is 0 Å². The first kappa shape index (κ1) is 13.8. The van der Waals surface area contributed by atoms with E-state index in [0.717, 1.165) is 11.8 Å². The van der Waals surface area contributed by atoms with Gasteiger partial charge in [0.15, 0.2) is 9.84 Å². The lowest BCUT2D eigenvalue weighted by atomic mass is 10.3. The molecule has 0 N–H and O–H groups in total. The van der Waals surface area contributed by atoms with E-state index in [1.807, 2.05) is 0 Å². The van der Waals surface area contributed by atoms with Crippen molar-refractivity contribution in [2.75, 3.05) is 6.26 Å². The number of sulfone groups is 1. The molecular weight excluding hydrogens is 288 g/mol. The molecule has 19 heavy (non-hydrogen) atoms. The van der Waals surface area contributed by atoms with E-state index < -0.39 is 9.84 Å². The number of aromatic nitrogens is 2. The van der Waals surface area contributed by atoms with Crippen molar-refractivity contribution >= 4 is 21.4 Å². The van der Waals surface area contributed by atoms with Crippen LogP contribution >= 0.6 is 11.6 Å². The van der Waals surface area contributed by atoms with Crippen LogP contribution in [0.25, 0.3) is 0 Å². The average Bonchev–Trinajstić information content (AvgIpc) is 2.39. The summed E-state index contributed by atoms with van der Waals surface area (Å²) in [5.74, 6) is 0.801. The Morgan fingerprint density at radius 1 is 1.16 bits per heavy atom. The van der Waals surface area contributed by atoms with Gasteiger partial charge >= 0.3 is 6.01 Å². The first-order chi connectivity index (χ1) is 8.99. The quantitative estimate of drug-likeness (QED) is 0.811. The third-order valence-electron chi connectivity index (χ3n) is 2.30. The van der Waals surface area contributed by atoms with Gasteiger partial charge in [0.2, 0.25) is 0 Å². The van der Waals surface area contributed by atoms with Crippen molar-refractivity contribution in [1.29, 1.82) is 0 Å². The molecule has 1 aromatic heterocycles. The summed E-state index contributed by atoms with van der Waals surface area (Å²) < 4.78 is 28.0. The zero-order valence-corrected chi connectivity index (χ0v) is 11.6. The van der Waals surface area contributed by atoms with E-state index in [2.05, 4.69) is 9.97 Å². The number of rotatable bonds is 4. The maximum atomic E-state index is 11.3. The molecule has 1 aromatic carbocycles. The van der Waals surface area contributed by atoms with Crippen LogP contribution < -0.4 is 4.74 Å². The van der Waals surface area contributed by atoms with E-state index in [9.17, 15) is 8.42 Å². The average molecular weight is 299 g/mol. The van der Waals surface area contributed by atoms with Crippen LogP contribution in [0.4, 0.5) is 0 Å². The molecular formula is C12H11ClN2O3S. The Hall–Kier alpha value is -1.66. The molecule has 0 radical (unpaired) electrons. The molecule has 0 unspecified atom stereocenters. The summed E-state index contributed by atoms with van der Waals surface area (Å²) in [7, 11) is -3.20. The number of hydrogen-bond acceptors (Lipinski definition) is 5. The molecule has 100 valence electrons. The van der Waals surface area contributed by atoms with Crippen LogP contribution in [0.5, 0.6) is 11.8 Å². The van der Waals surface area contributed by atoms with Gasteiger partial charge in [-0.1, -0.05) is 0 Å². The molecule has 0 saturated carbocycles. The molecule has 2 aromatic rings. The van der Waals surface area contributed by atoms with Crippen LogP contribution in [0, 0.1) is 0 Å². The molecule has 5 nitrogen and oxygen atoms in total. The Labute approximate surface area is 116 Å². The first-order valence-corrected chi connectivity index (χ1v) is 7.76. The van der Waals surface area contributed by atoms with E-state index in [4.69, 9.17) is 16.3 Å². The lowest BCUT2D eigenvalue weighted by Crippen LogP contribution is -1.97. The standard InChI is InChI=1S/C12H11ClN2O3S/c1-19(16,17)11-4-2-10(3-5-11)18-12-14-7-9(6-13)8-15-12/h2-5,7-8H,6H2,1H3. The van der Waals surface area contributed by atoms with Crippen LogP contribution in [-0.2, 0) is 15.7 Å². The number of hydrogen-bond donors (Lipinski definition) is 0. The largest absolute Gasteiger partial charge is 0.424 e. The third kappa shape index (κ3) is 3.65. The molecule has 0 aliphatic rings. The smallest absolute Gasteiger partial charge is 0.321 e. The molecule has 0 aliphatic heterocycles. The molecule has 1 heterocycles. The Morgan fingerprint density at radius 2 is 1.74 bits per heavy atom. The fraction of sp³-hybridized carbons (Fsp3) is 0.167. The van der Waals surface area contributed by atoms with Gasteiger partial charge in [-0.15, -0.1) is 11.6 Å². The van der Waals surface area contributed by atoms with Crippen molar-refractivity contribution in [1.82, 2.24) is 9.97 Å². The molecule has 0 spiro atoms. The Kier molecular flexibility index (Phi) is 4.01. The number of ether oxygens (including phenoxy) is 1. The zero-order chi connectivity index (χ0) is 13.9. The van der Waals surface area contributed by atoms with Gasteiger partial charge in [0, 0.05) is 24.2 Å². The lowest BCUT2D eigenvalue weighted by molar-refractivity contribution is 0.441. The van der Waals surface area contributed by atoms with Gasteiger partial charge in [0.25, 0.3) is 0 Å². The second-order valence-electron chi connectivity index (χ2n) is 3.85. The van der Waals surface area contributed by atoms with Crippen LogP contribution in [-0.4, -0.2) is 24.6 Å². The van der Waals surface area contributed by atoms with Crippen LogP contribution in [0.1, 0.15) is 5.56 Å². The maximum Gasteiger partial charge on any atom is 0.321 e. The number of alkyl halides is 1. The van der Waals surface area contributed by atoms with E-state index in [-0.39, 0.29) is 10.9 Å². The van der Waals surface area contributed by atoms with Gasteiger partial charge < -0.3 is 4.74 Å². The predicted molar refractivity (Wildman–Crippen MR) is 71.2 cm³/mol. The zero-order valence-electron chi connectivity index (χ0n) is 10.1. The molecule has 0 fully saturated rings. The van der Waals surface area contributed by atoms with E-state index in [0.29, 0.717) is 11.6 Å². The minimum Gasteiger partial charge on any atom is -0.424 e. The summed E-state index contributed by atoms with van der Waals surface area (Å²) in [6, 6.07) is 6.22. The van der Waals surface area contributed by atoms with Gasteiger partial charge in [-0.2, -0.15) is 0 Å². The van der Waals surface area contributed by atoms with Gasteiger partial charge in [0.05, 0.1) is 10.8 Å². The molecule has 0 bridgehead atoms. The van der Waals surface area contributed by atoms with Gasteiger partial charge in [-0.05, 0) is 24.3 Å². The Balaban J connectivity index is 2.15. The van der Waals surface area contributed by atoms with Crippen molar-refractivity contribution in [2.24, 2.45) is 0 Å². The summed E-state index contributed by atoms with van der Waals surface area (Å²) in [5.41, 5.74) is 0.793. The summed E-state index contributed by atoms with van der Waals surface area (Å²) in [5, 5.41) is 0.